The van der Waals surface area contributed by atoms with Crippen molar-refractivity contribution in [3.63, 3.8) is 0 Å². The molecule has 2 aromatic carbocycles. The summed E-state index contributed by atoms with van der Waals surface area (Å²) in [4.78, 5) is 30.4. The summed E-state index contributed by atoms with van der Waals surface area (Å²) in [5, 5.41) is 4.09. The molecule has 2 heterocycles. The van der Waals surface area contributed by atoms with Gasteiger partial charge in [-0.1, -0.05) is 15.9 Å². The molecule has 7 heteroatoms. The van der Waals surface area contributed by atoms with Crippen LogP contribution in [0, 0.1) is 0 Å². The number of carbonyl (C=O) groups excluding carboxylic acids is 2. The lowest BCUT2D eigenvalue weighted by atomic mass is 10.0. The Labute approximate surface area is 183 Å². The molecule has 0 aliphatic carbocycles. The van der Waals surface area contributed by atoms with Crippen LogP contribution in [0.1, 0.15) is 40.6 Å². The van der Waals surface area contributed by atoms with E-state index >= 15 is 0 Å². The normalized spacial score (nSPS) is 14.7. The van der Waals surface area contributed by atoms with E-state index in [1.165, 1.54) is 0 Å². The molecule has 0 radical (unpaired) electrons. The molecule has 6 nitrogen and oxygen atoms in total. The van der Waals surface area contributed by atoms with E-state index in [4.69, 9.17) is 4.74 Å². The number of benzene rings is 2. The molecular weight excluding hydrogens is 446 g/mol. The van der Waals surface area contributed by atoms with Crippen molar-refractivity contribution in [1.82, 2.24) is 15.2 Å². The maximum Gasteiger partial charge on any atom is 0.267 e. The van der Waals surface area contributed by atoms with Crippen molar-refractivity contribution < 1.29 is 14.3 Å². The van der Waals surface area contributed by atoms with Gasteiger partial charge in [-0.25, -0.2) is 0 Å². The smallest absolute Gasteiger partial charge is 0.267 e. The predicted octanol–water partition coefficient (Wildman–Crippen LogP) is 4.36. The van der Waals surface area contributed by atoms with Crippen LogP contribution in [0.3, 0.4) is 0 Å². The number of ether oxygens (including phenoxy) is 1. The number of rotatable bonds is 5. The van der Waals surface area contributed by atoms with Crippen LogP contribution >= 0.6 is 15.9 Å². The lowest BCUT2D eigenvalue weighted by molar-refractivity contribution is 0.0697. The third-order valence-corrected chi connectivity index (χ3v) is 5.85. The van der Waals surface area contributed by atoms with Crippen molar-refractivity contribution >= 4 is 38.6 Å². The highest BCUT2D eigenvalue weighted by atomic mass is 79.9. The number of hydrogen-bond acceptors (Lipinski definition) is 3. The minimum Gasteiger partial charge on any atom is -0.494 e. The van der Waals surface area contributed by atoms with Crippen molar-refractivity contribution in [3.05, 3.63) is 64.3 Å². The number of nitrogens with zero attached hydrogens (tertiary/aromatic N) is 1. The average molecular weight is 470 g/mol. The molecule has 1 aromatic heterocycles. The quantitative estimate of drug-likeness (QED) is 0.582. The van der Waals surface area contributed by atoms with E-state index in [0.717, 1.165) is 34.0 Å². The summed E-state index contributed by atoms with van der Waals surface area (Å²) >= 11 is 3.45. The predicted molar refractivity (Wildman–Crippen MR) is 120 cm³/mol. The summed E-state index contributed by atoms with van der Waals surface area (Å²) in [7, 11) is 0. The van der Waals surface area contributed by atoms with Crippen LogP contribution in [0.25, 0.3) is 10.9 Å². The number of aromatic nitrogens is 1. The van der Waals surface area contributed by atoms with Gasteiger partial charge in [-0.15, -0.1) is 0 Å². The summed E-state index contributed by atoms with van der Waals surface area (Å²) in [6.07, 6.45) is 1.47. The minimum absolute atomic E-state index is 0.0176. The van der Waals surface area contributed by atoms with E-state index in [-0.39, 0.29) is 17.9 Å². The SMILES string of the molecule is CCOc1ccc(C(=O)N2CCC(NC(=O)c3cc4cc(Br)ccc4[nH]3)CC2)cc1. The molecule has 1 saturated heterocycles. The fraction of sp³-hybridized carbons (Fsp3) is 0.304. The first kappa shape index (κ1) is 20.5. The Kier molecular flexibility index (Phi) is 6.08. The second kappa shape index (κ2) is 8.92. The van der Waals surface area contributed by atoms with Gasteiger partial charge in [-0.3, -0.25) is 9.59 Å². The van der Waals surface area contributed by atoms with Crippen molar-refractivity contribution in [1.29, 1.82) is 0 Å². The van der Waals surface area contributed by atoms with Crippen LogP contribution in [0.2, 0.25) is 0 Å². The molecule has 0 saturated carbocycles. The summed E-state index contributed by atoms with van der Waals surface area (Å²) in [5.74, 6) is 0.669. The number of carbonyl (C=O) groups is 2. The van der Waals surface area contributed by atoms with Gasteiger partial charge in [0.15, 0.2) is 0 Å². The monoisotopic (exact) mass is 469 g/mol. The zero-order chi connectivity index (χ0) is 21.1. The van der Waals surface area contributed by atoms with Crippen molar-refractivity contribution in [3.8, 4) is 5.75 Å². The van der Waals surface area contributed by atoms with Crippen LogP contribution < -0.4 is 10.1 Å². The number of likely N-dealkylation sites (tertiary alicyclic amines) is 1. The average Bonchev–Trinajstić information content (AvgIpc) is 3.18. The first-order valence-corrected chi connectivity index (χ1v) is 10.9. The van der Waals surface area contributed by atoms with Gasteiger partial charge in [0.1, 0.15) is 11.4 Å². The molecule has 0 bridgehead atoms. The van der Waals surface area contributed by atoms with Crippen molar-refractivity contribution in [2.24, 2.45) is 0 Å². The van der Waals surface area contributed by atoms with Gasteiger partial charge in [-0.05, 0) is 68.3 Å². The molecule has 1 aliphatic rings. The molecule has 3 aromatic rings. The Bertz CT molecular complexity index is 1050. The molecule has 2 N–H and O–H groups in total. The van der Waals surface area contributed by atoms with Gasteiger partial charge < -0.3 is 19.9 Å². The number of piperidine rings is 1. The third-order valence-electron chi connectivity index (χ3n) is 5.36. The van der Waals surface area contributed by atoms with E-state index in [9.17, 15) is 9.59 Å². The molecule has 4 rings (SSSR count). The van der Waals surface area contributed by atoms with Crippen LogP contribution in [-0.2, 0) is 0 Å². The van der Waals surface area contributed by atoms with Crippen molar-refractivity contribution in [2.45, 2.75) is 25.8 Å². The first-order chi connectivity index (χ1) is 14.5. The zero-order valence-corrected chi connectivity index (χ0v) is 18.4. The molecule has 1 fully saturated rings. The molecular formula is C23H24BrN3O3. The molecule has 2 amide bonds. The molecule has 30 heavy (non-hydrogen) atoms. The first-order valence-electron chi connectivity index (χ1n) is 10.1. The summed E-state index contributed by atoms with van der Waals surface area (Å²) in [6, 6.07) is 15.0. The lowest BCUT2D eigenvalue weighted by Gasteiger charge is -2.32. The topological polar surface area (TPSA) is 74.4 Å². The van der Waals surface area contributed by atoms with Crippen LogP contribution in [0.15, 0.2) is 53.0 Å². The maximum atomic E-state index is 12.7. The number of nitrogens with one attached hydrogen (secondary N) is 2. The Balaban J connectivity index is 1.32. The van der Waals surface area contributed by atoms with E-state index in [1.807, 2.05) is 48.2 Å². The van der Waals surface area contributed by atoms with Gasteiger partial charge in [0.25, 0.3) is 11.8 Å². The van der Waals surface area contributed by atoms with E-state index in [0.29, 0.717) is 31.0 Å². The van der Waals surface area contributed by atoms with Gasteiger partial charge in [0.05, 0.1) is 6.61 Å². The number of hydrogen-bond donors (Lipinski definition) is 2. The molecule has 0 spiro atoms. The Morgan fingerprint density at radius 1 is 1.13 bits per heavy atom. The summed E-state index contributed by atoms with van der Waals surface area (Å²) in [5.41, 5.74) is 2.14. The summed E-state index contributed by atoms with van der Waals surface area (Å²) < 4.78 is 6.41. The van der Waals surface area contributed by atoms with Gasteiger partial charge in [0.2, 0.25) is 0 Å². The Hall–Kier alpha value is -2.80. The highest BCUT2D eigenvalue weighted by Gasteiger charge is 2.25. The number of halogens is 1. The molecule has 0 unspecified atom stereocenters. The zero-order valence-electron chi connectivity index (χ0n) is 16.8. The van der Waals surface area contributed by atoms with E-state index < -0.39 is 0 Å². The maximum absolute atomic E-state index is 12.7. The fourth-order valence-electron chi connectivity index (χ4n) is 3.76. The lowest BCUT2D eigenvalue weighted by Crippen LogP contribution is -2.46. The van der Waals surface area contributed by atoms with Gasteiger partial charge >= 0.3 is 0 Å². The second-order valence-corrected chi connectivity index (χ2v) is 8.33. The van der Waals surface area contributed by atoms with E-state index in [2.05, 4.69) is 26.2 Å². The number of amides is 2. The van der Waals surface area contributed by atoms with Crippen LogP contribution in [0.4, 0.5) is 0 Å². The van der Waals surface area contributed by atoms with Crippen LogP contribution in [0.5, 0.6) is 5.75 Å². The van der Waals surface area contributed by atoms with Gasteiger partial charge in [-0.2, -0.15) is 0 Å². The van der Waals surface area contributed by atoms with Crippen molar-refractivity contribution in [2.75, 3.05) is 19.7 Å². The third kappa shape index (κ3) is 4.51. The Morgan fingerprint density at radius 3 is 2.57 bits per heavy atom. The Morgan fingerprint density at radius 2 is 1.87 bits per heavy atom. The number of aromatic amines is 1. The van der Waals surface area contributed by atoms with Gasteiger partial charge in [0, 0.05) is 40.1 Å². The molecule has 156 valence electrons. The second-order valence-electron chi connectivity index (χ2n) is 7.41. The highest BCUT2D eigenvalue weighted by Crippen LogP contribution is 2.21. The largest absolute Gasteiger partial charge is 0.494 e. The standard InChI is InChI=1S/C23H24BrN3O3/c1-2-30-19-6-3-15(4-7-19)23(29)27-11-9-18(10-12-27)25-22(28)21-14-16-13-17(24)5-8-20(16)26-21/h3-8,13-14,18,26H,2,9-12H2,1H3,(H,25,28). The van der Waals surface area contributed by atoms with Crippen LogP contribution in [-0.4, -0.2) is 47.4 Å². The van der Waals surface area contributed by atoms with E-state index in [1.54, 1.807) is 12.1 Å². The number of fused-ring (bicyclic) bond motifs is 1. The summed E-state index contributed by atoms with van der Waals surface area (Å²) in [6.45, 7) is 3.77. The highest BCUT2D eigenvalue weighted by molar-refractivity contribution is 9.10. The molecule has 1 aliphatic heterocycles. The molecule has 0 atom stereocenters. The minimum atomic E-state index is -0.112. The number of H-pyrrole nitrogens is 1. The fourth-order valence-corrected chi connectivity index (χ4v) is 4.14.